The Kier molecular flexibility index (Phi) is 7.38. The van der Waals surface area contributed by atoms with Crippen molar-refractivity contribution < 1.29 is 32.2 Å². The third-order valence-electron chi connectivity index (χ3n) is 4.41. The molecule has 1 aromatic heterocycles. The number of carbonyl (C=O) groups excluding carboxylic acids is 2. The number of aromatic nitrogens is 1. The molecular weight excluding hydrogens is 405 g/mol. The third kappa shape index (κ3) is 4.88. The second-order valence-electron chi connectivity index (χ2n) is 6.54. The van der Waals surface area contributed by atoms with E-state index < -0.39 is 52.2 Å². The van der Waals surface area contributed by atoms with Gasteiger partial charge in [-0.1, -0.05) is 0 Å². The summed E-state index contributed by atoms with van der Waals surface area (Å²) in [5.41, 5.74) is -1.87. The number of benzene rings is 1. The lowest BCUT2D eigenvalue weighted by molar-refractivity contribution is 0.0919. The van der Waals surface area contributed by atoms with Gasteiger partial charge in [0.25, 0.3) is 5.91 Å². The Bertz CT molecular complexity index is 1010. The molecule has 30 heavy (non-hydrogen) atoms. The first kappa shape index (κ1) is 23.1. The predicted molar refractivity (Wildman–Crippen MR) is 101 cm³/mol. The summed E-state index contributed by atoms with van der Waals surface area (Å²) in [4.78, 5) is 37.3. The lowest BCUT2D eigenvalue weighted by Crippen LogP contribution is -2.33. The number of ether oxygens (including phenoxy) is 2. The van der Waals surface area contributed by atoms with Crippen molar-refractivity contribution in [3.05, 3.63) is 62.8 Å². The maximum Gasteiger partial charge on any atom is 0.257 e. The number of hydrogen-bond donors (Lipinski definition) is 1. The fraction of sp³-hybridized carbons (Fsp3) is 0.350. The van der Waals surface area contributed by atoms with Crippen LogP contribution in [0.5, 0.6) is 5.75 Å². The van der Waals surface area contributed by atoms with Gasteiger partial charge in [0.2, 0.25) is 5.43 Å². The van der Waals surface area contributed by atoms with Crippen LogP contribution in [0, 0.1) is 17.5 Å². The van der Waals surface area contributed by atoms with Crippen LogP contribution in [0.1, 0.15) is 40.3 Å². The molecule has 0 spiro atoms. The maximum atomic E-state index is 13.8. The fourth-order valence-electron chi connectivity index (χ4n) is 2.85. The van der Waals surface area contributed by atoms with Gasteiger partial charge in [-0.2, -0.15) is 0 Å². The summed E-state index contributed by atoms with van der Waals surface area (Å²) in [5, 5.41) is 2.23. The van der Waals surface area contributed by atoms with Crippen LogP contribution in [-0.4, -0.2) is 36.6 Å². The molecule has 2 rings (SSSR count). The lowest BCUT2D eigenvalue weighted by Gasteiger charge is -2.19. The number of nitrogens with one attached hydrogen (secondary N) is 1. The zero-order chi connectivity index (χ0) is 22.6. The Labute approximate surface area is 170 Å². The van der Waals surface area contributed by atoms with Gasteiger partial charge in [0, 0.05) is 51.0 Å². The van der Waals surface area contributed by atoms with Gasteiger partial charge in [-0.25, -0.2) is 13.2 Å². The molecule has 1 amide bonds. The molecule has 1 N–H and O–H groups in total. The molecule has 0 fully saturated rings. The van der Waals surface area contributed by atoms with E-state index in [9.17, 15) is 27.6 Å². The van der Waals surface area contributed by atoms with Crippen molar-refractivity contribution in [3.8, 4) is 5.75 Å². The molecule has 7 nitrogen and oxygen atoms in total. The van der Waals surface area contributed by atoms with E-state index in [1.807, 2.05) is 0 Å². The van der Waals surface area contributed by atoms with E-state index in [0.717, 1.165) is 6.20 Å². The minimum Gasteiger partial charge on any atom is -0.491 e. The molecule has 0 saturated carbocycles. The smallest absolute Gasteiger partial charge is 0.257 e. The molecule has 0 aliphatic rings. The first-order valence-electron chi connectivity index (χ1n) is 8.87. The Morgan fingerprint density at radius 1 is 1.17 bits per heavy atom. The quantitative estimate of drug-likeness (QED) is 0.656. The Morgan fingerprint density at radius 3 is 2.27 bits per heavy atom. The highest BCUT2D eigenvalue weighted by atomic mass is 19.1. The van der Waals surface area contributed by atoms with Crippen molar-refractivity contribution in [1.29, 1.82) is 0 Å². The van der Waals surface area contributed by atoms with Crippen LogP contribution in [0.3, 0.4) is 0 Å². The van der Waals surface area contributed by atoms with E-state index in [1.54, 1.807) is 6.92 Å². The summed E-state index contributed by atoms with van der Waals surface area (Å²) < 4.78 is 52.2. The molecule has 0 bridgehead atoms. The highest BCUT2D eigenvalue weighted by Gasteiger charge is 2.24. The van der Waals surface area contributed by atoms with Gasteiger partial charge >= 0.3 is 0 Å². The minimum atomic E-state index is -1.18. The topological polar surface area (TPSA) is 86.6 Å². The molecule has 10 heteroatoms. The average molecular weight is 426 g/mol. The van der Waals surface area contributed by atoms with Gasteiger partial charge < -0.3 is 19.4 Å². The van der Waals surface area contributed by atoms with E-state index in [2.05, 4.69) is 5.32 Å². The van der Waals surface area contributed by atoms with Crippen LogP contribution in [0.15, 0.2) is 23.1 Å². The fourth-order valence-corrected chi connectivity index (χ4v) is 2.85. The van der Waals surface area contributed by atoms with Gasteiger partial charge in [0.1, 0.15) is 28.7 Å². The zero-order valence-electron chi connectivity index (χ0n) is 16.8. The van der Waals surface area contributed by atoms with E-state index in [0.29, 0.717) is 12.1 Å². The van der Waals surface area contributed by atoms with Gasteiger partial charge in [-0.15, -0.1) is 0 Å². The number of hydrogen-bond acceptors (Lipinski definition) is 5. The molecule has 162 valence electrons. The molecule has 1 aromatic carbocycles. The third-order valence-corrected chi connectivity index (χ3v) is 4.41. The Hall–Kier alpha value is -3.14. The number of Topliss-reactive ketones (excluding diaryl/α,β-unsaturated/α-hetero) is 1. The molecule has 2 aromatic rings. The van der Waals surface area contributed by atoms with Crippen LogP contribution >= 0.6 is 0 Å². The van der Waals surface area contributed by atoms with Crippen LogP contribution in [0.2, 0.25) is 0 Å². The molecule has 1 atom stereocenters. The highest BCUT2D eigenvalue weighted by Crippen LogP contribution is 2.18. The number of ketones is 1. The Balaban J connectivity index is 2.45. The summed E-state index contributed by atoms with van der Waals surface area (Å²) in [5.74, 6) is -5.20. The summed E-state index contributed by atoms with van der Waals surface area (Å²) in [6.07, 6.45) is 0.790. The number of methoxy groups -OCH3 is 2. The van der Waals surface area contributed by atoms with Gasteiger partial charge in [-0.3, -0.25) is 14.4 Å². The van der Waals surface area contributed by atoms with Gasteiger partial charge in [0.15, 0.2) is 11.5 Å². The molecule has 0 aliphatic carbocycles. The molecule has 0 aliphatic heterocycles. The van der Waals surface area contributed by atoms with Crippen LogP contribution < -0.4 is 15.5 Å². The normalized spacial score (nSPS) is 11.8. The van der Waals surface area contributed by atoms with Crippen LogP contribution in [0.25, 0.3) is 0 Å². The van der Waals surface area contributed by atoms with Gasteiger partial charge in [-0.05, 0) is 6.92 Å². The van der Waals surface area contributed by atoms with E-state index in [1.165, 1.54) is 25.7 Å². The first-order chi connectivity index (χ1) is 14.1. The SMILES string of the molecule is COc1c(C(C)=O)n(CC(C)OC)cc(C(=O)NCc2c(F)cc(F)cc2F)c1=O. The minimum absolute atomic E-state index is 0.0430. The summed E-state index contributed by atoms with van der Waals surface area (Å²) in [7, 11) is 2.63. The standard InChI is InChI=1S/C20H21F3N2O5/c1-10(29-3)8-25-9-14(18(27)19(30-4)17(25)11(2)26)20(28)24-7-13-15(22)5-12(21)6-16(13)23/h5-6,9-10H,7-8H2,1-4H3,(H,24,28). The zero-order valence-corrected chi connectivity index (χ0v) is 16.8. The van der Waals surface area contributed by atoms with Crippen LogP contribution in [-0.2, 0) is 17.8 Å². The molecular formula is C20H21F3N2O5. The van der Waals surface area contributed by atoms with Crippen molar-refractivity contribution in [2.45, 2.75) is 33.0 Å². The number of carbonyl (C=O) groups is 2. The highest BCUT2D eigenvalue weighted by molar-refractivity contribution is 5.98. The lowest BCUT2D eigenvalue weighted by atomic mass is 10.1. The number of halogens is 3. The second kappa shape index (κ2) is 9.57. The van der Waals surface area contributed by atoms with E-state index in [-0.39, 0.29) is 24.1 Å². The number of amides is 1. The maximum absolute atomic E-state index is 13.8. The van der Waals surface area contributed by atoms with Crippen molar-refractivity contribution in [2.75, 3.05) is 14.2 Å². The first-order valence-corrected chi connectivity index (χ1v) is 8.87. The summed E-state index contributed by atoms with van der Waals surface area (Å²) in [6, 6.07) is 0.961. The Morgan fingerprint density at radius 2 is 1.77 bits per heavy atom. The molecule has 0 saturated heterocycles. The van der Waals surface area contributed by atoms with Gasteiger partial charge in [0.05, 0.1) is 13.2 Å². The molecule has 1 unspecified atom stereocenters. The average Bonchev–Trinajstić information content (AvgIpc) is 2.67. The van der Waals surface area contributed by atoms with E-state index in [4.69, 9.17) is 9.47 Å². The van der Waals surface area contributed by atoms with Crippen molar-refractivity contribution >= 4 is 11.7 Å². The van der Waals surface area contributed by atoms with E-state index >= 15 is 0 Å². The second-order valence-corrected chi connectivity index (χ2v) is 6.54. The number of rotatable bonds is 8. The monoisotopic (exact) mass is 426 g/mol. The van der Waals surface area contributed by atoms with Crippen molar-refractivity contribution in [1.82, 2.24) is 9.88 Å². The van der Waals surface area contributed by atoms with Crippen molar-refractivity contribution in [3.63, 3.8) is 0 Å². The predicted octanol–water partition coefficient (Wildman–Crippen LogP) is 2.44. The number of nitrogens with zero attached hydrogens (tertiary/aromatic N) is 1. The van der Waals surface area contributed by atoms with Crippen molar-refractivity contribution in [2.24, 2.45) is 0 Å². The summed E-state index contributed by atoms with van der Waals surface area (Å²) in [6.45, 7) is 2.46. The number of pyridine rings is 1. The van der Waals surface area contributed by atoms with Crippen LogP contribution in [0.4, 0.5) is 13.2 Å². The molecule has 1 heterocycles. The molecule has 0 radical (unpaired) electrons. The largest absolute Gasteiger partial charge is 0.491 e. The summed E-state index contributed by atoms with van der Waals surface area (Å²) >= 11 is 0.